The topological polar surface area (TPSA) is 74.5 Å². The Morgan fingerprint density at radius 3 is 2.95 bits per heavy atom. The summed E-state index contributed by atoms with van der Waals surface area (Å²) in [7, 11) is 0. The predicted octanol–water partition coefficient (Wildman–Crippen LogP) is 1.93. The number of rotatable bonds is 3. The van der Waals surface area contributed by atoms with E-state index in [1.165, 1.54) is 0 Å². The molecular weight excluding hydrogens is 360 g/mol. The minimum absolute atomic E-state index is 0. The maximum absolute atomic E-state index is 12.0. The Kier molecular flexibility index (Phi) is 5.27. The van der Waals surface area contributed by atoms with E-state index in [-0.39, 0.29) is 24.2 Å². The van der Waals surface area contributed by atoms with Crippen molar-refractivity contribution in [2.45, 2.75) is 6.10 Å². The molecule has 1 fully saturated rings. The summed E-state index contributed by atoms with van der Waals surface area (Å²) in [5, 5.41) is 16.4. The minimum atomic E-state index is -0.401. The van der Waals surface area contributed by atoms with Crippen LogP contribution in [0.2, 0.25) is 0 Å². The van der Waals surface area contributed by atoms with Gasteiger partial charge in [-0.15, -0.1) is 12.4 Å². The standard InChI is InChI=1S/C14H15BrN2O3.ClH/c15-10-1-2-12-8(3-10)4-13(20-12)14(19)17-6-9-5-16-7-11(9)18;/h1-4,9,11,16,18H,5-7H2,(H,17,19);1H. The smallest absolute Gasteiger partial charge is 0.287 e. The fourth-order valence-electron chi connectivity index (χ4n) is 2.36. The van der Waals surface area contributed by atoms with Crippen LogP contribution >= 0.6 is 28.3 Å². The molecule has 1 aromatic carbocycles. The van der Waals surface area contributed by atoms with E-state index in [0.29, 0.717) is 31.0 Å². The molecular formula is C14H16BrClN2O3. The van der Waals surface area contributed by atoms with Gasteiger partial charge in [-0.05, 0) is 24.3 Å². The number of benzene rings is 1. The summed E-state index contributed by atoms with van der Waals surface area (Å²) in [4.78, 5) is 12.0. The van der Waals surface area contributed by atoms with E-state index in [2.05, 4.69) is 26.6 Å². The lowest BCUT2D eigenvalue weighted by atomic mass is 10.1. The molecule has 2 heterocycles. The Bertz CT molecular complexity index is 646. The van der Waals surface area contributed by atoms with Gasteiger partial charge in [-0.3, -0.25) is 4.79 Å². The normalized spacial score (nSPS) is 21.2. The molecule has 3 rings (SSSR count). The van der Waals surface area contributed by atoms with Crippen molar-refractivity contribution >= 4 is 45.2 Å². The first-order valence-corrected chi connectivity index (χ1v) is 7.29. The number of fused-ring (bicyclic) bond motifs is 1. The maximum atomic E-state index is 12.0. The number of hydrogen-bond donors (Lipinski definition) is 3. The van der Waals surface area contributed by atoms with Crippen LogP contribution in [0.5, 0.6) is 0 Å². The van der Waals surface area contributed by atoms with Crippen molar-refractivity contribution < 1.29 is 14.3 Å². The molecule has 2 unspecified atom stereocenters. The van der Waals surface area contributed by atoms with Crippen LogP contribution in [0.15, 0.2) is 33.2 Å². The Balaban J connectivity index is 0.00000161. The zero-order valence-corrected chi connectivity index (χ0v) is 13.5. The largest absolute Gasteiger partial charge is 0.451 e. The highest BCUT2D eigenvalue weighted by atomic mass is 79.9. The quantitative estimate of drug-likeness (QED) is 0.766. The Labute approximate surface area is 136 Å². The van der Waals surface area contributed by atoms with E-state index < -0.39 is 6.10 Å². The zero-order chi connectivity index (χ0) is 14.1. The average Bonchev–Trinajstić information content (AvgIpc) is 3.01. The van der Waals surface area contributed by atoms with Gasteiger partial charge in [0.25, 0.3) is 5.91 Å². The third-order valence-electron chi connectivity index (χ3n) is 3.53. The van der Waals surface area contributed by atoms with Gasteiger partial charge in [-0.2, -0.15) is 0 Å². The molecule has 1 aliphatic heterocycles. The second-order valence-electron chi connectivity index (χ2n) is 4.99. The number of aliphatic hydroxyl groups is 1. The van der Waals surface area contributed by atoms with Crippen LogP contribution in [0.3, 0.4) is 0 Å². The molecule has 2 aromatic rings. The number of halogens is 2. The number of nitrogens with one attached hydrogen (secondary N) is 2. The highest BCUT2D eigenvalue weighted by Gasteiger charge is 2.25. The molecule has 1 aliphatic rings. The first-order valence-electron chi connectivity index (χ1n) is 6.49. The van der Waals surface area contributed by atoms with Gasteiger partial charge in [-0.25, -0.2) is 0 Å². The summed E-state index contributed by atoms with van der Waals surface area (Å²) in [5.41, 5.74) is 0.681. The van der Waals surface area contributed by atoms with Gasteiger partial charge in [0.05, 0.1) is 6.10 Å². The van der Waals surface area contributed by atoms with Crippen LogP contribution in [0.25, 0.3) is 11.0 Å². The van der Waals surface area contributed by atoms with Crippen molar-refractivity contribution in [1.82, 2.24) is 10.6 Å². The number of carbonyl (C=O) groups is 1. The molecule has 0 radical (unpaired) electrons. The highest BCUT2D eigenvalue weighted by molar-refractivity contribution is 9.10. The molecule has 0 spiro atoms. The molecule has 1 aromatic heterocycles. The number of furan rings is 1. The summed E-state index contributed by atoms with van der Waals surface area (Å²) in [6, 6.07) is 7.31. The minimum Gasteiger partial charge on any atom is -0.451 e. The van der Waals surface area contributed by atoms with E-state index in [0.717, 1.165) is 9.86 Å². The van der Waals surface area contributed by atoms with Gasteiger partial charge in [-0.1, -0.05) is 15.9 Å². The van der Waals surface area contributed by atoms with Crippen LogP contribution in [-0.4, -0.2) is 36.8 Å². The zero-order valence-electron chi connectivity index (χ0n) is 11.1. The Morgan fingerprint density at radius 2 is 2.24 bits per heavy atom. The number of hydrogen-bond acceptors (Lipinski definition) is 4. The van der Waals surface area contributed by atoms with Gasteiger partial charge >= 0.3 is 0 Å². The Hall–Kier alpha value is -1.08. The number of β-amino-alcohol motifs (C(OH)–C–C–N with tert-alkyl or cyclic N) is 1. The van der Waals surface area contributed by atoms with Crippen molar-refractivity contribution in [1.29, 1.82) is 0 Å². The highest BCUT2D eigenvalue weighted by Crippen LogP contribution is 2.23. The number of carbonyl (C=O) groups excluding carboxylic acids is 1. The third kappa shape index (κ3) is 3.58. The fraction of sp³-hybridized carbons (Fsp3) is 0.357. The second kappa shape index (κ2) is 6.79. The molecule has 7 heteroatoms. The van der Waals surface area contributed by atoms with Crippen molar-refractivity contribution in [3.8, 4) is 0 Å². The second-order valence-corrected chi connectivity index (χ2v) is 5.90. The summed E-state index contributed by atoms with van der Waals surface area (Å²) in [6.45, 7) is 1.74. The molecule has 0 saturated carbocycles. The monoisotopic (exact) mass is 374 g/mol. The molecule has 0 aliphatic carbocycles. The van der Waals surface area contributed by atoms with Crippen LogP contribution < -0.4 is 10.6 Å². The van der Waals surface area contributed by atoms with Gasteiger partial charge in [0.2, 0.25) is 0 Å². The van der Waals surface area contributed by atoms with Crippen molar-refractivity contribution in [2.24, 2.45) is 5.92 Å². The van der Waals surface area contributed by atoms with Crippen LogP contribution in [0, 0.1) is 5.92 Å². The van der Waals surface area contributed by atoms with Gasteiger partial charge in [0, 0.05) is 35.4 Å². The van der Waals surface area contributed by atoms with Crippen molar-refractivity contribution in [3.63, 3.8) is 0 Å². The van der Waals surface area contributed by atoms with Crippen LogP contribution in [-0.2, 0) is 0 Å². The molecule has 1 saturated heterocycles. The van der Waals surface area contributed by atoms with Gasteiger partial charge in [0.1, 0.15) is 5.58 Å². The lowest BCUT2D eigenvalue weighted by molar-refractivity contribution is 0.0902. The Morgan fingerprint density at radius 1 is 1.43 bits per heavy atom. The predicted molar refractivity (Wildman–Crippen MR) is 85.9 cm³/mol. The van der Waals surface area contributed by atoms with Crippen molar-refractivity contribution in [2.75, 3.05) is 19.6 Å². The molecule has 1 amide bonds. The fourth-order valence-corrected chi connectivity index (χ4v) is 2.74. The molecule has 114 valence electrons. The average molecular weight is 376 g/mol. The number of aliphatic hydroxyl groups excluding tert-OH is 1. The van der Waals surface area contributed by atoms with E-state index in [9.17, 15) is 9.90 Å². The molecule has 5 nitrogen and oxygen atoms in total. The van der Waals surface area contributed by atoms with Gasteiger partial charge < -0.3 is 20.2 Å². The lowest BCUT2D eigenvalue weighted by Crippen LogP contribution is -2.34. The summed E-state index contributed by atoms with van der Waals surface area (Å²) in [5.74, 6) is 0.0902. The number of amides is 1. The van der Waals surface area contributed by atoms with E-state index in [1.807, 2.05) is 18.2 Å². The molecule has 0 bridgehead atoms. The lowest BCUT2D eigenvalue weighted by Gasteiger charge is -2.13. The van der Waals surface area contributed by atoms with E-state index in [1.54, 1.807) is 6.07 Å². The SMILES string of the molecule is Cl.O=C(NCC1CNCC1O)c1cc2cc(Br)ccc2o1. The van der Waals surface area contributed by atoms with Gasteiger partial charge in [0.15, 0.2) is 5.76 Å². The van der Waals surface area contributed by atoms with E-state index >= 15 is 0 Å². The first kappa shape index (κ1) is 16.3. The van der Waals surface area contributed by atoms with E-state index in [4.69, 9.17) is 4.42 Å². The molecule has 3 N–H and O–H groups in total. The summed E-state index contributed by atoms with van der Waals surface area (Å²) in [6.07, 6.45) is -0.401. The molecule has 21 heavy (non-hydrogen) atoms. The molecule has 2 atom stereocenters. The first-order chi connectivity index (χ1) is 9.63. The van der Waals surface area contributed by atoms with Crippen LogP contribution in [0.4, 0.5) is 0 Å². The van der Waals surface area contributed by atoms with Crippen molar-refractivity contribution in [3.05, 3.63) is 34.5 Å². The summed E-state index contributed by atoms with van der Waals surface area (Å²) >= 11 is 3.38. The van der Waals surface area contributed by atoms with Crippen LogP contribution in [0.1, 0.15) is 10.6 Å². The summed E-state index contributed by atoms with van der Waals surface area (Å²) < 4.78 is 6.46. The third-order valence-corrected chi connectivity index (χ3v) is 4.02. The maximum Gasteiger partial charge on any atom is 0.287 e.